The summed E-state index contributed by atoms with van der Waals surface area (Å²) < 4.78 is 1.86. The van der Waals surface area contributed by atoms with Crippen LogP contribution in [-0.2, 0) is 6.42 Å². The highest BCUT2D eigenvalue weighted by Crippen LogP contribution is 2.22. The van der Waals surface area contributed by atoms with Gasteiger partial charge in [0.2, 0.25) is 0 Å². The maximum atomic E-state index is 8.75. The van der Waals surface area contributed by atoms with Crippen molar-refractivity contribution in [1.82, 2.24) is 9.78 Å². The topological polar surface area (TPSA) is 41.6 Å². The maximum absolute atomic E-state index is 8.75. The van der Waals surface area contributed by atoms with Crippen molar-refractivity contribution in [3.05, 3.63) is 46.7 Å². The highest BCUT2D eigenvalue weighted by Gasteiger charge is 2.12. The Morgan fingerprint density at radius 1 is 1.39 bits per heavy atom. The number of benzene rings is 1. The van der Waals surface area contributed by atoms with Crippen LogP contribution in [0.1, 0.15) is 31.2 Å². The van der Waals surface area contributed by atoms with Gasteiger partial charge in [0.05, 0.1) is 23.9 Å². The molecule has 1 aromatic heterocycles. The van der Waals surface area contributed by atoms with Crippen LogP contribution < -0.4 is 0 Å². The van der Waals surface area contributed by atoms with Crippen molar-refractivity contribution in [1.29, 1.82) is 5.26 Å². The van der Waals surface area contributed by atoms with Crippen LogP contribution >= 0.6 is 11.6 Å². The normalized spacial score (nSPS) is 10.6. The highest BCUT2D eigenvalue weighted by molar-refractivity contribution is 6.30. The Kier molecular flexibility index (Phi) is 3.69. The summed E-state index contributed by atoms with van der Waals surface area (Å²) >= 11 is 6.00. The number of rotatable bonds is 3. The Morgan fingerprint density at radius 3 is 2.78 bits per heavy atom. The molecule has 0 bridgehead atoms. The van der Waals surface area contributed by atoms with Gasteiger partial charge in [0.15, 0.2) is 0 Å². The first-order valence-electron chi connectivity index (χ1n) is 5.83. The molecule has 2 rings (SSSR count). The standard InChI is InChI=1S/C14H14ClN3/c1-10(2)14-9-12(6-7-16)17-18(14)13-5-3-4-11(15)8-13/h3-5,8-10H,6H2,1-2H3. The third-order valence-electron chi connectivity index (χ3n) is 2.69. The van der Waals surface area contributed by atoms with Crippen molar-refractivity contribution in [2.24, 2.45) is 0 Å². The van der Waals surface area contributed by atoms with E-state index < -0.39 is 0 Å². The molecule has 92 valence electrons. The van der Waals surface area contributed by atoms with E-state index in [1.807, 2.05) is 35.0 Å². The molecule has 0 fully saturated rings. The van der Waals surface area contributed by atoms with Gasteiger partial charge in [-0.1, -0.05) is 31.5 Å². The van der Waals surface area contributed by atoms with Crippen LogP contribution in [0, 0.1) is 11.3 Å². The zero-order chi connectivity index (χ0) is 13.1. The van der Waals surface area contributed by atoms with Gasteiger partial charge < -0.3 is 0 Å². The van der Waals surface area contributed by atoms with Gasteiger partial charge in [0.1, 0.15) is 0 Å². The molecule has 0 atom stereocenters. The van der Waals surface area contributed by atoms with Gasteiger partial charge >= 0.3 is 0 Å². The monoisotopic (exact) mass is 259 g/mol. The summed E-state index contributed by atoms with van der Waals surface area (Å²) in [4.78, 5) is 0. The van der Waals surface area contributed by atoms with E-state index in [-0.39, 0.29) is 0 Å². The van der Waals surface area contributed by atoms with E-state index in [4.69, 9.17) is 16.9 Å². The van der Waals surface area contributed by atoms with E-state index in [1.54, 1.807) is 0 Å². The van der Waals surface area contributed by atoms with E-state index in [0.29, 0.717) is 17.4 Å². The largest absolute Gasteiger partial charge is 0.237 e. The Hall–Kier alpha value is -1.79. The summed E-state index contributed by atoms with van der Waals surface area (Å²) in [5.41, 5.74) is 2.80. The summed E-state index contributed by atoms with van der Waals surface area (Å²) in [5.74, 6) is 0.337. The zero-order valence-corrected chi connectivity index (χ0v) is 11.1. The quantitative estimate of drug-likeness (QED) is 0.843. The van der Waals surface area contributed by atoms with Crippen LogP contribution in [0.3, 0.4) is 0 Å². The predicted octanol–water partition coefficient (Wildman–Crippen LogP) is 3.72. The molecule has 0 saturated heterocycles. The Morgan fingerprint density at radius 2 is 2.17 bits per heavy atom. The van der Waals surface area contributed by atoms with Gasteiger partial charge in [-0.2, -0.15) is 10.4 Å². The molecule has 0 saturated carbocycles. The molecule has 0 spiro atoms. The Bertz CT molecular complexity index is 593. The van der Waals surface area contributed by atoms with Crippen molar-refractivity contribution < 1.29 is 0 Å². The van der Waals surface area contributed by atoms with E-state index in [9.17, 15) is 0 Å². The molecule has 0 aliphatic rings. The number of aromatic nitrogens is 2. The lowest BCUT2D eigenvalue weighted by Gasteiger charge is -2.10. The molecule has 0 unspecified atom stereocenters. The fourth-order valence-electron chi connectivity index (χ4n) is 1.84. The van der Waals surface area contributed by atoms with Gasteiger partial charge in [-0.15, -0.1) is 0 Å². The first-order valence-corrected chi connectivity index (χ1v) is 6.21. The molecule has 0 aliphatic heterocycles. The second kappa shape index (κ2) is 5.24. The fourth-order valence-corrected chi connectivity index (χ4v) is 2.02. The zero-order valence-electron chi connectivity index (χ0n) is 10.4. The highest BCUT2D eigenvalue weighted by atomic mass is 35.5. The molecule has 18 heavy (non-hydrogen) atoms. The maximum Gasteiger partial charge on any atom is 0.0793 e. The molecule has 0 radical (unpaired) electrons. The number of hydrogen-bond donors (Lipinski definition) is 0. The molecule has 1 aromatic carbocycles. The van der Waals surface area contributed by atoms with E-state index in [1.165, 1.54) is 0 Å². The SMILES string of the molecule is CC(C)c1cc(CC#N)nn1-c1cccc(Cl)c1. The lowest BCUT2D eigenvalue weighted by atomic mass is 10.1. The average Bonchev–Trinajstić information content (AvgIpc) is 2.74. The summed E-state index contributed by atoms with van der Waals surface area (Å²) in [6.45, 7) is 4.21. The number of hydrogen-bond acceptors (Lipinski definition) is 2. The minimum Gasteiger partial charge on any atom is -0.237 e. The smallest absolute Gasteiger partial charge is 0.0793 e. The molecular formula is C14H14ClN3. The average molecular weight is 260 g/mol. The second-order valence-corrected chi connectivity index (χ2v) is 4.88. The lowest BCUT2D eigenvalue weighted by molar-refractivity contribution is 0.729. The van der Waals surface area contributed by atoms with Crippen molar-refractivity contribution in [2.75, 3.05) is 0 Å². The fraction of sp³-hybridized carbons (Fsp3) is 0.286. The lowest BCUT2D eigenvalue weighted by Crippen LogP contribution is -2.03. The van der Waals surface area contributed by atoms with Crippen LogP contribution in [0.25, 0.3) is 5.69 Å². The molecule has 1 heterocycles. The van der Waals surface area contributed by atoms with E-state index >= 15 is 0 Å². The van der Waals surface area contributed by atoms with E-state index in [2.05, 4.69) is 25.0 Å². The summed E-state index contributed by atoms with van der Waals surface area (Å²) in [6, 6.07) is 11.7. The van der Waals surface area contributed by atoms with Crippen LogP contribution in [0.15, 0.2) is 30.3 Å². The molecular weight excluding hydrogens is 246 g/mol. The van der Waals surface area contributed by atoms with Crippen molar-refractivity contribution in [2.45, 2.75) is 26.2 Å². The van der Waals surface area contributed by atoms with Gasteiger partial charge in [0.25, 0.3) is 0 Å². The third kappa shape index (κ3) is 2.55. The second-order valence-electron chi connectivity index (χ2n) is 4.44. The number of halogens is 1. The summed E-state index contributed by atoms with van der Waals surface area (Å²) in [7, 11) is 0. The van der Waals surface area contributed by atoms with Crippen molar-refractivity contribution in [3.63, 3.8) is 0 Å². The number of nitriles is 1. The minimum absolute atomic E-state index is 0.327. The Labute approximate surface area is 112 Å². The first-order chi connectivity index (χ1) is 8.61. The molecule has 0 aliphatic carbocycles. The van der Waals surface area contributed by atoms with Gasteiger partial charge in [-0.05, 0) is 30.2 Å². The Balaban J connectivity index is 2.52. The molecule has 3 nitrogen and oxygen atoms in total. The van der Waals surface area contributed by atoms with Crippen LogP contribution in [0.2, 0.25) is 5.02 Å². The van der Waals surface area contributed by atoms with Gasteiger partial charge in [-0.25, -0.2) is 4.68 Å². The van der Waals surface area contributed by atoms with E-state index in [0.717, 1.165) is 17.1 Å². The van der Waals surface area contributed by atoms with Crippen molar-refractivity contribution in [3.8, 4) is 11.8 Å². The summed E-state index contributed by atoms with van der Waals surface area (Å²) in [5, 5.41) is 13.9. The first kappa shape index (κ1) is 12.7. The van der Waals surface area contributed by atoms with Crippen molar-refractivity contribution >= 4 is 11.6 Å². The molecule has 4 heteroatoms. The summed E-state index contributed by atoms with van der Waals surface area (Å²) in [6.07, 6.45) is 0.327. The molecule has 2 aromatic rings. The van der Waals surface area contributed by atoms with Crippen LogP contribution in [0.4, 0.5) is 0 Å². The molecule has 0 amide bonds. The van der Waals surface area contributed by atoms with Crippen LogP contribution in [-0.4, -0.2) is 9.78 Å². The third-order valence-corrected chi connectivity index (χ3v) is 2.93. The van der Waals surface area contributed by atoms with Crippen LogP contribution in [0.5, 0.6) is 0 Å². The molecule has 0 N–H and O–H groups in total. The minimum atomic E-state index is 0.327. The number of nitrogens with zero attached hydrogens (tertiary/aromatic N) is 3. The predicted molar refractivity (Wildman–Crippen MR) is 72.0 cm³/mol. The van der Waals surface area contributed by atoms with Gasteiger partial charge in [-0.3, -0.25) is 0 Å². The van der Waals surface area contributed by atoms with Gasteiger partial charge in [0, 0.05) is 10.7 Å².